The van der Waals surface area contributed by atoms with Crippen LogP contribution < -0.4 is 4.74 Å². The minimum atomic E-state index is 0.213. The molecule has 0 aliphatic carbocycles. The van der Waals surface area contributed by atoms with E-state index in [0.717, 1.165) is 23.3 Å². The molecule has 1 N–H and O–H groups in total. The van der Waals surface area contributed by atoms with Crippen molar-refractivity contribution in [3.05, 3.63) is 28.2 Å². The lowest BCUT2D eigenvalue weighted by Gasteiger charge is -2.32. The highest BCUT2D eigenvalue weighted by molar-refractivity contribution is 9.10. The third kappa shape index (κ3) is 3.30. The molecule has 2 atom stereocenters. The number of halogens is 1. The Labute approximate surface area is 123 Å². The molecular weight excluding hydrogens is 306 g/mol. The third-order valence-electron chi connectivity index (χ3n) is 3.88. The van der Waals surface area contributed by atoms with Gasteiger partial charge in [0, 0.05) is 12.6 Å². The van der Waals surface area contributed by atoms with E-state index < -0.39 is 0 Å². The maximum Gasteiger partial charge on any atom is 0.133 e. The van der Waals surface area contributed by atoms with Gasteiger partial charge in [-0.05, 0) is 65.5 Å². The number of aliphatic hydroxyl groups is 1. The molecule has 1 aliphatic heterocycles. The average molecular weight is 328 g/mol. The van der Waals surface area contributed by atoms with Gasteiger partial charge in [0.05, 0.1) is 11.6 Å². The molecule has 1 saturated heterocycles. The largest absolute Gasteiger partial charge is 0.496 e. The quantitative estimate of drug-likeness (QED) is 0.901. The Morgan fingerprint density at radius 3 is 2.58 bits per heavy atom. The molecule has 1 aromatic rings. The highest BCUT2D eigenvalue weighted by Crippen LogP contribution is 2.35. The Balaban J connectivity index is 2.29. The number of aliphatic hydroxyl groups excluding tert-OH is 1. The van der Waals surface area contributed by atoms with Crippen LogP contribution in [0.1, 0.15) is 31.4 Å². The molecule has 106 valence electrons. The van der Waals surface area contributed by atoms with Crippen LogP contribution in [0.25, 0.3) is 0 Å². The van der Waals surface area contributed by atoms with Gasteiger partial charge in [0.25, 0.3) is 0 Å². The fourth-order valence-electron chi connectivity index (χ4n) is 2.89. The van der Waals surface area contributed by atoms with E-state index >= 15 is 0 Å². The molecule has 1 heterocycles. The van der Waals surface area contributed by atoms with Crippen molar-refractivity contribution in [2.45, 2.75) is 25.8 Å². The Hall–Kier alpha value is -0.580. The molecule has 2 rings (SSSR count). The molecular formula is C15H22BrNO2. The number of ether oxygens (including phenoxy) is 1. The second kappa shape index (κ2) is 6.73. The van der Waals surface area contributed by atoms with E-state index in [1.54, 1.807) is 7.11 Å². The van der Waals surface area contributed by atoms with Crippen molar-refractivity contribution in [2.24, 2.45) is 5.92 Å². The summed E-state index contributed by atoms with van der Waals surface area (Å²) in [6.45, 7) is 4.57. The number of likely N-dealkylation sites (tertiary alicyclic amines) is 1. The van der Waals surface area contributed by atoms with E-state index in [2.05, 4.69) is 39.9 Å². The Bertz CT molecular complexity index is 419. The van der Waals surface area contributed by atoms with Crippen LogP contribution in [0.2, 0.25) is 0 Å². The lowest BCUT2D eigenvalue weighted by Crippen LogP contribution is -2.31. The molecule has 0 radical (unpaired) electrons. The molecule has 0 aromatic heterocycles. The number of benzene rings is 1. The van der Waals surface area contributed by atoms with Gasteiger partial charge in [-0.1, -0.05) is 13.0 Å². The van der Waals surface area contributed by atoms with Crippen molar-refractivity contribution in [1.29, 1.82) is 0 Å². The van der Waals surface area contributed by atoms with Crippen molar-refractivity contribution in [3.8, 4) is 5.75 Å². The predicted molar refractivity (Wildman–Crippen MR) is 80.5 cm³/mol. The van der Waals surface area contributed by atoms with Crippen molar-refractivity contribution >= 4 is 15.9 Å². The summed E-state index contributed by atoms with van der Waals surface area (Å²) in [6.07, 6.45) is 2.51. The zero-order valence-corrected chi connectivity index (χ0v) is 13.2. The van der Waals surface area contributed by atoms with Gasteiger partial charge in [-0.25, -0.2) is 0 Å². The fraction of sp³-hybridized carbons (Fsp3) is 0.600. The van der Waals surface area contributed by atoms with Crippen LogP contribution in [0.15, 0.2) is 22.7 Å². The molecule has 1 aromatic carbocycles. The van der Waals surface area contributed by atoms with Crippen molar-refractivity contribution < 1.29 is 9.84 Å². The topological polar surface area (TPSA) is 32.7 Å². The number of methoxy groups -OCH3 is 1. The molecule has 1 fully saturated rings. The van der Waals surface area contributed by atoms with Crippen LogP contribution in [0.3, 0.4) is 0 Å². The molecule has 19 heavy (non-hydrogen) atoms. The summed E-state index contributed by atoms with van der Waals surface area (Å²) in [7, 11) is 1.67. The SMILES string of the molecule is COc1ccc(C(C(C)CO)N2CCCC2)cc1Br. The standard InChI is InChI=1S/C15H22BrNO2/c1-11(10-18)15(17-7-3-4-8-17)12-5-6-14(19-2)13(16)9-12/h5-6,9,11,15,18H,3-4,7-8,10H2,1-2H3. The fourth-order valence-corrected chi connectivity index (χ4v) is 3.44. The number of hydrogen-bond donors (Lipinski definition) is 1. The van der Waals surface area contributed by atoms with Gasteiger partial charge in [0.2, 0.25) is 0 Å². The van der Waals surface area contributed by atoms with Crippen LogP contribution >= 0.6 is 15.9 Å². The molecule has 3 nitrogen and oxygen atoms in total. The van der Waals surface area contributed by atoms with E-state index in [9.17, 15) is 5.11 Å². The zero-order valence-electron chi connectivity index (χ0n) is 11.6. The van der Waals surface area contributed by atoms with Crippen LogP contribution in [-0.2, 0) is 0 Å². The number of hydrogen-bond acceptors (Lipinski definition) is 3. The lowest BCUT2D eigenvalue weighted by atomic mass is 9.93. The molecule has 2 unspecified atom stereocenters. The smallest absolute Gasteiger partial charge is 0.133 e. The van der Waals surface area contributed by atoms with Crippen LogP contribution in [0, 0.1) is 5.92 Å². The van der Waals surface area contributed by atoms with Gasteiger partial charge in [0.15, 0.2) is 0 Å². The lowest BCUT2D eigenvalue weighted by molar-refractivity contribution is 0.126. The Morgan fingerprint density at radius 1 is 1.37 bits per heavy atom. The normalized spacial score (nSPS) is 19.4. The summed E-state index contributed by atoms with van der Waals surface area (Å²) < 4.78 is 6.26. The summed E-state index contributed by atoms with van der Waals surface area (Å²) in [4.78, 5) is 2.48. The Kier molecular flexibility index (Phi) is 5.25. The minimum absolute atomic E-state index is 0.213. The average Bonchev–Trinajstić information content (AvgIpc) is 2.93. The number of rotatable bonds is 5. The molecule has 4 heteroatoms. The van der Waals surface area contributed by atoms with Gasteiger partial charge in [0.1, 0.15) is 5.75 Å². The Morgan fingerprint density at radius 2 is 2.05 bits per heavy atom. The summed E-state index contributed by atoms with van der Waals surface area (Å²) >= 11 is 3.55. The summed E-state index contributed by atoms with van der Waals surface area (Å²) in [5.74, 6) is 1.08. The maximum absolute atomic E-state index is 9.53. The first-order chi connectivity index (χ1) is 9.17. The first kappa shape index (κ1) is 14.8. The van der Waals surface area contributed by atoms with Crippen LogP contribution in [-0.4, -0.2) is 36.8 Å². The monoisotopic (exact) mass is 327 g/mol. The van der Waals surface area contributed by atoms with Crippen LogP contribution in [0.4, 0.5) is 0 Å². The van der Waals surface area contributed by atoms with E-state index in [1.165, 1.54) is 18.4 Å². The predicted octanol–water partition coefficient (Wildman–Crippen LogP) is 3.22. The maximum atomic E-state index is 9.53. The van der Waals surface area contributed by atoms with Gasteiger partial charge in [-0.15, -0.1) is 0 Å². The first-order valence-electron chi connectivity index (χ1n) is 6.85. The van der Waals surface area contributed by atoms with E-state index in [0.29, 0.717) is 0 Å². The van der Waals surface area contributed by atoms with Gasteiger partial charge < -0.3 is 9.84 Å². The molecule has 0 bridgehead atoms. The van der Waals surface area contributed by atoms with E-state index in [1.807, 2.05) is 6.07 Å². The molecule has 1 aliphatic rings. The first-order valence-corrected chi connectivity index (χ1v) is 7.65. The van der Waals surface area contributed by atoms with E-state index in [4.69, 9.17) is 4.74 Å². The van der Waals surface area contributed by atoms with Crippen molar-refractivity contribution in [2.75, 3.05) is 26.8 Å². The van der Waals surface area contributed by atoms with E-state index in [-0.39, 0.29) is 18.6 Å². The van der Waals surface area contributed by atoms with Crippen LogP contribution in [0.5, 0.6) is 5.75 Å². The van der Waals surface area contributed by atoms with Gasteiger partial charge in [-0.2, -0.15) is 0 Å². The molecule has 0 amide bonds. The second-order valence-electron chi connectivity index (χ2n) is 5.24. The summed E-state index contributed by atoms with van der Waals surface area (Å²) in [6, 6.07) is 6.51. The minimum Gasteiger partial charge on any atom is -0.496 e. The van der Waals surface area contributed by atoms with Gasteiger partial charge >= 0.3 is 0 Å². The number of nitrogens with zero attached hydrogens (tertiary/aromatic N) is 1. The highest BCUT2D eigenvalue weighted by Gasteiger charge is 2.28. The summed E-state index contributed by atoms with van der Waals surface area (Å²) in [5, 5.41) is 9.53. The highest BCUT2D eigenvalue weighted by atomic mass is 79.9. The zero-order chi connectivity index (χ0) is 13.8. The van der Waals surface area contributed by atoms with Crippen molar-refractivity contribution in [1.82, 2.24) is 4.90 Å². The second-order valence-corrected chi connectivity index (χ2v) is 6.10. The summed E-state index contributed by atoms with van der Waals surface area (Å²) in [5.41, 5.74) is 1.25. The molecule has 0 spiro atoms. The van der Waals surface area contributed by atoms with Gasteiger partial charge in [-0.3, -0.25) is 4.90 Å². The molecule has 0 saturated carbocycles. The third-order valence-corrected chi connectivity index (χ3v) is 4.50. The van der Waals surface area contributed by atoms with Crippen molar-refractivity contribution in [3.63, 3.8) is 0 Å².